The SMILES string of the molecule is CC(C)C(=O)n1cc(B(O)OC(C)(C)C(C)(C)O)cn1. The Balaban J connectivity index is 2.84. The lowest BCUT2D eigenvalue weighted by atomic mass is 9.78. The largest absolute Gasteiger partial charge is 0.494 e. The second-order valence-corrected chi connectivity index (χ2v) is 6.25. The molecule has 6 nitrogen and oxygen atoms in total. The maximum absolute atomic E-state index is 11.8. The molecule has 0 aliphatic rings. The van der Waals surface area contributed by atoms with Crippen LogP contribution in [0.25, 0.3) is 0 Å². The van der Waals surface area contributed by atoms with Crippen LogP contribution in [-0.4, -0.2) is 44.1 Å². The second kappa shape index (κ2) is 5.67. The lowest BCUT2D eigenvalue weighted by molar-refractivity contribution is -0.0982. The van der Waals surface area contributed by atoms with Crippen molar-refractivity contribution >= 4 is 18.5 Å². The van der Waals surface area contributed by atoms with E-state index in [1.165, 1.54) is 17.1 Å². The van der Waals surface area contributed by atoms with Gasteiger partial charge in [0, 0.05) is 23.8 Å². The molecule has 1 aromatic rings. The zero-order chi connectivity index (χ0) is 15.7. The molecule has 0 aliphatic heterocycles. The Kier molecular flexibility index (Phi) is 4.79. The summed E-state index contributed by atoms with van der Waals surface area (Å²) < 4.78 is 6.67. The van der Waals surface area contributed by atoms with Gasteiger partial charge in [-0.25, -0.2) is 4.68 Å². The van der Waals surface area contributed by atoms with Crippen LogP contribution < -0.4 is 5.46 Å². The minimum atomic E-state index is -1.26. The average molecular weight is 282 g/mol. The van der Waals surface area contributed by atoms with Crippen LogP contribution in [0.2, 0.25) is 0 Å². The van der Waals surface area contributed by atoms with Gasteiger partial charge in [-0.05, 0) is 27.7 Å². The lowest BCUT2D eigenvalue weighted by Gasteiger charge is -2.38. The molecule has 7 heteroatoms. The predicted octanol–water partition coefficient (Wildman–Crippen LogP) is 0.433. The Morgan fingerprint density at radius 3 is 2.40 bits per heavy atom. The molecule has 0 aromatic carbocycles. The van der Waals surface area contributed by atoms with Crippen molar-refractivity contribution < 1.29 is 19.6 Å². The Hall–Kier alpha value is -1.18. The summed E-state index contributed by atoms with van der Waals surface area (Å²) in [4.78, 5) is 11.8. The van der Waals surface area contributed by atoms with Crippen molar-refractivity contribution in [1.82, 2.24) is 9.78 Å². The number of rotatable bonds is 5. The normalized spacial score (nSPS) is 12.8. The first-order valence-electron chi connectivity index (χ1n) is 6.63. The molecule has 0 unspecified atom stereocenters. The number of carbonyl (C=O) groups is 1. The summed E-state index contributed by atoms with van der Waals surface area (Å²) in [6.07, 6.45) is 2.82. The predicted molar refractivity (Wildman–Crippen MR) is 76.8 cm³/mol. The number of nitrogens with zero attached hydrogens (tertiary/aromatic N) is 2. The van der Waals surface area contributed by atoms with Gasteiger partial charge in [0.15, 0.2) is 0 Å². The third-order valence-electron chi connectivity index (χ3n) is 3.49. The molecule has 0 amide bonds. The van der Waals surface area contributed by atoms with Gasteiger partial charge >= 0.3 is 7.12 Å². The van der Waals surface area contributed by atoms with Crippen molar-refractivity contribution in [3.8, 4) is 0 Å². The molecule has 0 radical (unpaired) electrons. The van der Waals surface area contributed by atoms with E-state index < -0.39 is 18.3 Å². The smallest absolute Gasteiger partial charge is 0.423 e. The molecular weight excluding hydrogens is 259 g/mol. The number of carbonyl (C=O) groups excluding carboxylic acids is 1. The quantitative estimate of drug-likeness (QED) is 0.765. The van der Waals surface area contributed by atoms with Gasteiger partial charge in [0.1, 0.15) is 0 Å². The summed E-state index contributed by atoms with van der Waals surface area (Å²) in [5.41, 5.74) is -1.72. The molecule has 1 aromatic heterocycles. The van der Waals surface area contributed by atoms with Gasteiger partial charge < -0.3 is 14.8 Å². The summed E-state index contributed by atoms with van der Waals surface area (Å²) in [5.74, 6) is -0.348. The monoisotopic (exact) mass is 282 g/mol. The Labute approximate surface area is 119 Å². The van der Waals surface area contributed by atoms with Crippen molar-refractivity contribution in [2.24, 2.45) is 5.92 Å². The van der Waals surface area contributed by atoms with Crippen LogP contribution in [-0.2, 0) is 4.65 Å². The molecular formula is C13H23BN2O4. The topological polar surface area (TPSA) is 84.6 Å². The minimum Gasteiger partial charge on any atom is -0.423 e. The van der Waals surface area contributed by atoms with Crippen molar-refractivity contribution in [2.75, 3.05) is 0 Å². The molecule has 0 saturated heterocycles. The van der Waals surface area contributed by atoms with Gasteiger partial charge in [-0.3, -0.25) is 4.79 Å². The second-order valence-electron chi connectivity index (χ2n) is 6.25. The highest BCUT2D eigenvalue weighted by molar-refractivity contribution is 6.60. The van der Waals surface area contributed by atoms with E-state index >= 15 is 0 Å². The molecule has 20 heavy (non-hydrogen) atoms. The first-order chi connectivity index (χ1) is 8.95. The first-order valence-corrected chi connectivity index (χ1v) is 6.63. The molecule has 1 heterocycles. The zero-order valence-electron chi connectivity index (χ0n) is 12.9. The molecule has 0 saturated carbocycles. The highest BCUT2D eigenvalue weighted by Gasteiger charge is 2.39. The van der Waals surface area contributed by atoms with Crippen LogP contribution in [0.4, 0.5) is 0 Å². The minimum absolute atomic E-state index is 0.162. The van der Waals surface area contributed by atoms with Gasteiger partial charge in [0.2, 0.25) is 5.91 Å². The van der Waals surface area contributed by atoms with E-state index in [1.807, 2.05) is 0 Å². The zero-order valence-corrected chi connectivity index (χ0v) is 12.9. The Bertz CT molecular complexity index is 477. The molecule has 0 aliphatic carbocycles. The van der Waals surface area contributed by atoms with Crippen LogP contribution in [0.5, 0.6) is 0 Å². The molecule has 0 atom stereocenters. The van der Waals surface area contributed by atoms with E-state index in [1.54, 1.807) is 41.5 Å². The van der Waals surface area contributed by atoms with E-state index in [4.69, 9.17) is 4.65 Å². The number of hydrogen-bond acceptors (Lipinski definition) is 5. The Morgan fingerprint density at radius 2 is 1.95 bits per heavy atom. The summed E-state index contributed by atoms with van der Waals surface area (Å²) in [6, 6.07) is 0. The fourth-order valence-corrected chi connectivity index (χ4v) is 1.34. The number of aliphatic hydroxyl groups is 1. The third kappa shape index (κ3) is 3.68. The van der Waals surface area contributed by atoms with Crippen molar-refractivity contribution in [3.05, 3.63) is 12.4 Å². The van der Waals surface area contributed by atoms with Gasteiger partial charge in [-0.2, -0.15) is 5.10 Å². The lowest BCUT2D eigenvalue weighted by Crippen LogP contribution is -2.53. The maximum Gasteiger partial charge on any atom is 0.494 e. The van der Waals surface area contributed by atoms with Gasteiger partial charge in [-0.1, -0.05) is 13.8 Å². The van der Waals surface area contributed by atoms with Crippen LogP contribution in [0, 0.1) is 5.92 Å². The van der Waals surface area contributed by atoms with E-state index in [0.717, 1.165) is 0 Å². The van der Waals surface area contributed by atoms with Gasteiger partial charge in [0.25, 0.3) is 0 Å². The average Bonchev–Trinajstić information content (AvgIpc) is 2.74. The van der Waals surface area contributed by atoms with Crippen molar-refractivity contribution in [2.45, 2.75) is 52.7 Å². The van der Waals surface area contributed by atoms with Crippen LogP contribution in [0.3, 0.4) is 0 Å². The fourth-order valence-electron chi connectivity index (χ4n) is 1.34. The standard InChI is InChI=1S/C13H23BN2O4/c1-9(2)11(17)16-8-10(7-15-16)14(19)20-13(5,6)12(3,4)18/h7-9,18-19H,1-6H3. The van der Waals surface area contributed by atoms with Crippen LogP contribution in [0.1, 0.15) is 46.3 Å². The third-order valence-corrected chi connectivity index (χ3v) is 3.49. The van der Waals surface area contributed by atoms with Crippen molar-refractivity contribution in [3.63, 3.8) is 0 Å². The molecule has 0 fully saturated rings. The highest BCUT2D eigenvalue weighted by atomic mass is 16.5. The van der Waals surface area contributed by atoms with E-state index in [0.29, 0.717) is 5.46 Å². The van der Waals surface area contributed by atoms with E-state index in [-0.39, 0.29) is 11.8 Å². The van der Waals surface area contributed by atoms with E-state index in [2.05, 4.69) is 5.10 Å². The van der Waals surface area contributed by atoms with Gasteiger partial charge in [0.05, 0.1) is 11.2 Å². The number of aromatic nitrogens is 2. The van der Waals surface area contributed by atoms with Crippen molar-refractivity contribution in [1.29, 1.82) is 0 Å². The molecule has 112 valence electrons. The molecule has 0 spiro atoms. The first kappa shape index (κ1) is 16.9. The summed E-state index contributed by atoms with van der Waals surface area (Å²) >= 11 is 0. The van der Waals surface area contributed by atoms with Crippen LogP contribution in [0.15, 0.2) is 12.4 Å². The number of hydrogen-bond donors (Lipinski definition) is 2. The fraction of sp³-hybridized carbons (Fsp3) is 0.692. The molecule has 2 N–H and O–H groups in total. The Morgan fingerprint density at radius 1 is 1.40 bits per heavy atom. The highest BCUT2D eigenvalue weighted by Crippen LogP contribution is 2.25. The molecule has 0 bridgehead atoms. The van der Waals surface area contributed by atoms with E-state index in [9.17, 15) is 14.9 Å². The summed E-state index contributed by atoms with van der Waals surface area (Å²) in [7, 11) is -1.26. The molecule has 1 rings (SSSR count). The summed E-state index contributed by atoms with van der Waals surface area (Å²) in [5, 5.41) is 24.0. The maximum atomic E-state index is 11.8. The van der Waals surface area contributed by atoms with Crippen LogP contribution >= 0.6 is 0 Å². The summed E-state index contributed by atoms with van der Waals surface area (Å²) in [6.45, 7) is 10.1. The van der Waals surface area contributed by atoms with Gasteiger partial charge in [-0.15, -0.1) is 0 Å².